The maximum Gasteiger partial charge on any atom is 0.316 e. The van der Waals surface area contributed by atoms with Gasteiger partial charge in [-0.25, -0.2) is 0 Å². The Labute approximate surface area is 202 Å². The number of nitrogens with zero attached hydrogens (tertiary/aromatic N) is 2. The highest BCUT2D eigenvalue weighted by Crippen LogP contribution is 2.40. The van der Waals surface area contributed by atoms with Crippen LogP contribution in [0.15, 0.2) is 42.5 Å². The standard InChI is InChI=1S/C26H25ClN2O5/c1-15-21(27)7-4-8-22(15)28-14-16(13-23(28)30)26(33)34-18-11-9-17(10-12-18)29-24(31)19-5-2-3-6-20(19)25(29)32/h4,7-12,16,19-20H,2-3,5-6,13-14H2,1H3/t16-,19+,20+/m1/s1. The van der Waals surface area contributed by atoms with Crippen LogP contribution in [0.5, 0.6) is 5.75 Å². The number of hydrogen-bond acceptors (Lipinski definition) is 5. The molecule has 3 atom stereocenters. The van der Waals surface area contributed by atoms with Crippen LogP contribution in [0.2, 0.25) is 5.02 Å². The van der Waals surface area contributed by atoms with Crippen LogP contribution < -0.4 is 14.5 Å². The van der Waals surface area contributed by atoms with Gasteiger partial charge < -0.3 is 9.64 Å². The molecule has 1 aliphatic carbocycles. The van der Waals surface area contributed by atoms with Gasteiger partial charge >= 0.3 is 5.97 Å². The van der Waals surface area contributed by atoms with Crippen LogP contribution in [0.1, 0.15) is 37.7 Å². The molecule has 5 rings (SSSR count). The minimum Gasteiger partial charge on any atom is -0.426 e. The first kappa shape index (κ1) is 22.6. The third-order valence-corrected chi connectivity index (χ3v) is 7.55. The van der Waals surface area contributed by atoms with E-state index >= 15 is 0 Å². The van der Waals surface area contributed by atoms with Crippen LogP contribution in [0.3, 0.4) is 0 Å². The molecule has 7 nitrogen and oxygen atoms in total. The molecule has 3 aliphatic rings. The van der Waals surface area contributed by atoms with Crippen LogP contribution in [0.4, 0.5) is 11.4 Å². The average Bonchev–Trinajstić information content (AvgIpc) is 3.34. The molecule has 2 aliphatic heterocycles. The largest absolute Gasteiger partial charge is 0.426 e. The Morgan fingerprint density at radius 1 is 0.971 bits per heavy atom. The number of anilines is 2. The van der Waals surface area contributed by atoms with Crippen LogP contribution in [-0.2, 0) is 19.2 Å². The van der Waals surface area contributed by atoms with E-state index in [1.807, 2.05) is 13.0 Å². The van der Waals surface area contributed by atoms with Crippen molar-refractivity contribution in [2.45, 2.75) is 39.0 Å². The zero-order valence-corrected chi connectivity index (χ0v) is 19.6. The third kappa shape index (κ3) is 3.88. The summed E-state index contributed by atoms with van der Waals surface area (Å²) in [6.45, 7) is 2.05. The second-order valence-corrected chi connectivity index (χ2v) is 9.62. The number of amides is 3. The highest BCUT2D eigenvalue weighted by molar-refractivity contribution is 6.31. The predicted octanol–water partition coefficient (Wildman–Crippen LogP) is 4.29. The summed E-state index contributed by atoms with van der Waals surface area (Å²) in [5.41, 5.74) is 1.97. The van der Waals surface area contributed by atoms with E-state index in [0.717, 1.165) is 31.2 Å². The monoisotopic (exact) mass is 480 g/mol. The summed E-state index contributed by atoms with van der Waals surface area (Å²) >= 11 is 6.18. The third-order valence-electron chi connectivity index (χ3n) is 7.14. The van der Waals surface area contributed by atoms with Gasteiger partial charge in [-0.15, -0.1) is 0 Å². The number of benzene rings is 2. The van der Waals surface area contributed by atoms with Gasteiger partial charge in [-0.2, -0.15) is 0 Å². The van der Waals surface area contributed by atoms with Gasteiger partial charge in [-0.1, -0.05) is 30.5 Å². The summed E-state index contributed by atoms with van der Waals surface area (Å²) in [5.74, 6) is -1.67. The van der Waals surface area contributed by atoms with E-state index in [4.69, 9.17) is 16.3 Å². The maximum absolute atomic E-state index is 12.8. The lowest BCUT2D eigenvalue weighted by atomic mass is 9.81. The van der Waals surface area contributed by atoms with Gasteiger partial charge in [-0.05, 0) is 61.7 Å². The lowest BCUT2D eigenvalue weighted by molar-refractivity contribution is -0.139. The van der Waals surface area contributed by atoms with Crippen molar-refractivity contribution in [1.82, 2.24) is 0 Å². The molecule has 2 aromatic carbocycles. The molecule has 3 fully saturated rings. The molecule has 3 amide bonds. The molecule has 1 saturated carbocycles. The van der Waals surface area contributed by atoms with Crippen molar-refractivity contribution in [2.75, 3.05) is 16.3 Å². The van der Waals surface area contributed by atoms with E-state index < -0.39 is 11.9 Å². The number of imide groups is 1. The van der Waals surface area contributed by atoms with Crippen molar-refractivity contribution in [3.8, 4) is 5.75 Å². The van der Waals surface area contributed by atoms with Crippen molar-refractivity contribution in [2.24, 2.45) is 17.8 Å². The van der Waals surface area contributed by atoms with Crippen LogP contribution in [0.25, 0.3) is 0 Å². The zero-order valence-electron chi connectivity index (χ0n) is 18.8. The molecule has 0 radical (unpaired) electrons. The molecule has 0 bridgehead atoms. The Hall–Kier alpha value is -3.19. The first-order valence-corrected chi connectivity index (χ1v) is 12.0. The summed E-state index contributed by atoms with van der Waals surface area (Å²) in [7, 11) is 0. The Morgan fingerprint density at radius 3 is 2.26 bits per heavy atom. The van der Waals surface area contributed by atoms with Crippen LogP contribution in [-0.4, -0.2) is 30.2 Å². The van der Waals surface area contributed by atoms with Gasteiger partial charge in [0.05, 0.1) is 23.4 Å². The first-order chi connectivity index (χ1) is 16.3. The molecular weight excluding hydrogens is 456 g/mol. The predicted molar refractivity (Wildman–Crippen MR) is 127 cm³/mol. The van der Waals surface area contributed by atoms with E-state index in [1.165, 1.54) is 4.90 Å². The molecule has 0 N–H and O–H groups in total. The fourth-order valence-electron chi connectivity index (χ4n) is 5.27. The van der Waals surface area contributed by atoms with Gasteiger partial charge in [0.25, 0.3) is 0 Å². The lowest BCUT2D eigenvalue weighted by Gasteiger charge is -2.19. The van der Waals surface area contributed by atoms with Gasteiger partial charge in [0.1, 0.15) is 5.75 Å². The van der Waals surface area contributed by atoms with E-state index in [-0.39, 0.29) is 42.5 Å². The average molecular weight is 481 g/mol. The highest BCUT2D eigenvalue weighted by atomic mass is 35.5. The van der Waals surface area contributed by atoms with Gasteiger partial charge in [0.15, 0.2) is 0 Å². The second kappa shape index (κ2) is 8.87. The van der Waals surface area contributed by atoms with Crippen LogP contribution in [0, 0.1) is 24.7 Å². The van der Waals surface area contributed by atoms with Crippen LogP contribution >= 0.6 is 11.6 Å². The van der Waals surface area contributed by atoms with Gasteiger partial charge in [-0.3, -0.25) is 24.1 Å². The quantitative estimate of drug-likeness (QED) is 0.370. The highest BCUT2D eigenvalue weighted by Gasteiger charge is 2.48. The summed E-state index contributed by atoms with van der Waals surface area (Å²) in [6, 6.07) is 11.7. The molecule has 2 heterocycles. The van der Waals surface area contributed by atoms with E-state index in [9.17, 15) is 19.2 Å². The molecule has 0 aromatic heterocycles. The van der Waals surface area contributed by atoms with Gasteiger partial charge in [0, 0.05) is 23.7 Å². The van der Waals surface area contributed by atoms with E-state index in [0.29, 0.717) is 22.1 Å². The molecule has 34 heavy (non-hydrogen) atoms. The SMILES string of the molecule is Cc1c(Cl)cccc1N1C[C@H](C(=O)Oc2ccc(N3C(=O)[C@H]4CCCC[C@@H]4C3=O)cc2)CC1=O. The normalized spacial score (nSPS) is 24.5. The van der Waals surface area contributed by atoms with E-state index in [1.54, 1.807) is 41.3 Å². The number of ether oxygens (including phenoxy) is 1. The molecule has 2 aromatic rings. The number of carbonyl (C=O) groups is 4. The Morgan fingerprint density at radius 2 is 1.62 bits per heavy atom. The van der Waals surface area contributed by atoms with Crippen molar-refractivity contribution in [3.05, 3.63) is 53.1 Å². The summed E-state index contributed by atoms with van der Waals surface area (Å²) in [4.78, 5) is 53.7. The summed E-state index contributed by atoms with van der Waals surface area (Å²) in [5, 5.41) is 0.561. The second-order valence-electron chi connectivity index (χ2n) is 9.21. The number of esters is 1. The molecule has 0 spiro atoms. The molecule has 0 unspecified atom stereocenters. The summed E-state index contributed by atoms with van der Waals surface area (Å²) < 4.78 is 5.52. The van der Waals surface area contributed by atoms with E-state index in [2.05, 4.69) is 0 Å². The molecule has 8 heteroatoms. The maximum atomic E-state index is 12.8. The fraction of sp³-hybridized carbons (Fsp3) is 0.385. The number of rotatable bonds is 4. The zero-order chi connectivity index (χ0) is 24.0. The Kier molecular flexibility index (Phi) is 5.90. The molecule has 176 valence electrons. The number of hydrogen-bond donors (Lipinski definition) is 0. The molecule has 2 saturated heterocycles. The Balaban J connectivity index is 1.25. The van der Waals surface area contributed by atoms with Crippen molar-refractivity contribution in [3.63, 3.8) is 0 Å². The number of fused-ring (bicyclic) bond motifs is 1. The number of carbonyl (C=O) groups excluding carboxylic acids is 4. The first-order valence-electron chi connectivity index (χ1n) is 11.6. The Bertz CT molecular complexity index is 1150. The minimum atomic E-state index is -0.601. The minimum absolute atomic E-state index is 0.0580. The topological polar surface area (TPSA) is 84.0 Å². The van der Waals surface area contributed by atoms with Gasteiger partial charge in [0.2, 0.25) is 17.7 Å². The summed E-state index contributed by atoms with van der Waals surface area (Å²) in [6.07, 6.45) is 3.52. The molecular formula is C26H25ClN2O5. The number of halogens is 1. The van der Waals surface area contributed by atoms with Crippen molar-refractivity contribution < 1.29 is 23.9 Å². The lowest BCUT2D eigenvalue weighted by Crippen LogP contribution is -2.30. The van der Waals surface area contributed by atoms with Crippen molar-refractivity contribution in [1.29, 1.82) is 0 Å². The fourth-order valence-corrected chi connectivity index (χ4v) is 5.44. The van der Waals surface area contributed by atoms with Crippen molar-refractivity contribution >= 4 is 46.7 Å². The smallest absolute Gasteiger partial charge is 0.316 e.